The van der Waals surface area contributed by atoms with Gasteiger partial charge in [-0.05, 0) is 44.4 Å². The number of ketones is 1. The van der Waals surface area contributed by atoms with E-state index >= 15 is 0 Å². The van der Waals surface area contributed by atoms with Crippen molar-refractivity contribution in [2.45, 2.75) is 19.3 Å². The number of rotatable bonds is 6. The van der Waals surface area contributed by atoms with Gasteiger partial charge in [0.1, 0.15) is 0 Å². The van der Waals surface area contributed by atoms with E-state index in [1.807, 2.05) is 29.6 Å². The molecule has 0 spiro atoms. The minimum Gasteiger partial charge on any atom is -0.332 e. The van der Waals surface area contributed by atoms with Crippen LogP contribution in [0.3, 0.4) is 0 Å². The molecule has 0 radical (unpaired) electrons. The van der Waals surface area contributed by atoms with Gasteiger partial charge in [0.15, 0.2) is 5.82 Å². The number of carbonyl (C=O) groups excluding carboxylic acids is 1. The van der Waals surface area contributed by atoms with Crippen molar-refractivity contribution in [2.75, 3.05) is 31.6 Å². The van der Waals surface area contributed by atoms with E-state index in [0.717, 1.165) is 32.5 Å². The van der Waals surface area contributed by atoms with Crippen molar-refractivity contribution in [1.82, 2.24) is 14.5 Å². The number of hydrogen-bond donors (Lipinski definition) is 0. The number of carbonyl (C=O) groups is 1. The monoisotopic (exact) mass is 281 g/mol. The Morgan fingerprint density at radius 1 is 1.58 bits per heavy atom. The SMILES string of the molecule is CSCCCN1CCC[C@H](C(=O)c2nccn2C)C1. The van der Waals surface area contributed by atoms with Crippen LogP contribution in [0.4, 0.5) is 0 Å². The topological polar surface area (TPSA) is 38.1 Å². The van der Waals surface area contributed by atoms with Crippen LogP contribution in [0.25, 0.3) is 0 Å². The van der Waals surface area contributed by atoms with Crippen molar-refractivity contribution in [3.05, 3.63) is 18.2 Å². The molecule has 0 N–H and O–H groups in total. The molecule has 1 saturated heterocycles. The average molecular weight is 281 g/mol. The Balaban J connectivity index is 1.90. The number of nitrogens with zero attached hydrogens (tertiary/aromatic N) is 3. The molecule has 0 aliphatic carbocycles. The molecule has 4 nitrogen and oxygen atoms in total. The van der Waals surface area contributed by atoms with Crippen molar-refractivity contribution in [1.29, 1.82) is 0 Å². The zero-order valence-electron chi connectivity index (χ0n) is 11.8. The van der Waals surface area contributed by atoms with Gasteiger partial charge in [-0.1, -0.05) is 0 Å². The molecule has 1 atom stereocenters. The van der Waals surface area contributed by atoms with Crippen LogP contribution in [0.1, 0.15) is 29.9 Å². The van der Waals surface area contributed by atoms with E-state index in [-0.39, 0.29) is 11.7 Å². The van der Waals surface area contributed by atoms with Crippen LogP contribution in [0, 0.1) is 5.92 Å². The van der Waals surface area contributed by atoms with E-state index < -0.39 is 0 Å². The summed E-state index contributed by atoms with van der Waals surface area (Å²) in [4.78, 5) is 19.1. The van der Waals surface area contributed by atoms with Gasteiger partial charge in [-0.15, -0.1) is 0 Å². The molecular weight excluding hydrogens is 258 g/mol. The van der Waals surface area contributed by atoms with Crippen molar-refractivity contribution in [3.63, 3.8) is 0 Å². The zero-order chi connectivity index (χ0) is 13.7. The number of piperidine rings is 1. The molecule has 0 saturated carbocycles. The second kappa shape index (κ2) is 7.10. The van der Waals surface area contributed by atoms with Crippen molar-refractivity contribution < 1.29 is 4.79 Å². The van der Waals surface area contributed by atoms with Gasteiger partial charge < -0.3 is 9.47 Å². The van der Waals surface area contributed by atoms with Crippen molar-refractivity contribution in [3.8, 4) is 0 Å². The second-order valence-corrected chi connectivity index (χ2v) is 6.20. The van der Waals surface area contributed by atoms with Gasteiger partial charge in [-0.3, -0.25) is 4.79 Å². The van der Waals surface area contributed by atoms with Crippen LogP contribution < -0.4 is 0 Å². The molecule has 2 heterocycles. The highest BCUT2D eigenvalue weighted by molar-refractivity contribution is 7.98. The number of hydrogen-bond acceptors (Lipinski definition) is 4. The van der Waals surface area contributed by atoms with Gasteiger partial charge in [-0.25, -0.2) is 4.98 Å². The third-order valence-corrected chi connectivity index (χ3v) is 4.44. The number of Topliss-reactive ketones (excluding diaryl/α,β-unsaturated/α-hetero) is 1. The summed E-state index contributed by atoms with van der Waals surface area (Å²) in [5.74, 6) is 2.15. The summed E-state index contributed by atoms with van der Waals surface area (Å²) in [6.07, 6.45) is 9.03. The second-order valence-electron chi connectivity index (χ2n) is 5.21. The molecule has 1 fully saturated rings. The van der Waals surface area contributed by atoms with Crippen LogP contribution in [-0.4, -0.2) is 51.9 Å². The predicted molar refractivity (Wildman–Crippen MR) is 79.7 cm³/mol. The molecule has 0 amide bonds. The Hall–Kier alpha value is -0.810. The Bertz CT molecular complexity index is 419. The molecule has 1 aromatic heterocycles. The summed E-state index contributed by atoms with van der Waals surface area (Å²) >= 11 is 1.89. The van der Waals surface area contributed by atoms with Crippen LogP contribution >= 0.6 is 11.8 Å². The lowest BCUT2D eigenvalue weighted by atomic mass is 9.93. The minimum atomic E-state index is 0.129. The number of aromatic nitrogens is 2. The lowest BCUT2D eigenvalue weighted by Crippen LogP contribution is -2.39. The Morgan fingerprint density at radius 3 is 3.11 bits per heavy atom. The molecule has 1 aromatic rings. The molecule has 5 heteroatoms. The quantitative estimate of drug-likeness (QED) is 0.591. The first-order chi connectivity index (χ1) is 9.22. The van der Waals surface area contributed by atoms with Gasteiger partial charge in [0.25, 0.3) is 0 Å². The molecule has 0 unspecified atom stereocenters. The van der Waals surface area contributed by atoms with E-state index in [9.17, 15) is 4.79 Å². The van der Waals surface area contributed by atoms with E-state index in [1.165, 1.54) is 12.2 Å². The largest absolute Gasteiger partial charge is 0.332 e. The summed E-state index contributed by atoms with van der Waals surface area (Å²) in [6.45, 7) is 3.16. The molecule has 106 valence electrons. The Labute approximate surface area is 119 Å². The molecule has 19 heavy (non-hydrogen) atoms. The summed E-state index contributed by atoms with van der Waals surface area (Å²) in [6, 6.07) is 0. The fourth-order valence-electron chi connectivity index (χ4n) is 2.69. The maximum absolute atomic E-state index is 12.4. The molecule has 1 aliphatic rings. The van der Waals surface area contributed by atoms with Gasteiger partial charge in [0.2, 0.25) is 5.78 Å². The summed E-state index contributed by atoms with van der Waals surface area (Å²) in [5, 5.41) is 0. The maximum Gasteiger partial charge on any atom is 0.202 e. The molecule has 2 rings (SSSR count). The van der Waals surface area contributed by atoms with E-state index in [4.69, 9.17) is 0 Å². The predicted octanol–water partition coefficient (Wildman–Crippen LogP) is 2.07. The first-order valence-corrected chi connectivity index (χ1v) is 8.34. The Kier molecular flexibility index (Phi) is 5.45. The lowest BCUT2D eigenvalue weighted by Gasteiger charge is -2.31. The fraction of sp³-hybridized carbons (Fsp3) is 0.714. The highest BCUT2D eigenvalue weighted by Gasteiger charge is 2.28. The smallest absolute Gasteiger partial charge is 0.202 e. The van der Waals surface area contributed by atoms with Crippen LogP contribution in [-0.2, 0) is 7.05 Å². The van der Waals surface area contributed by atoms with Gasteiger partial charge in [0, 0.05) is 31.9 Å². The molecule has 0 bridgehead atoms. The van der Waals surface area contributed by atoms with E-state index in [1.54, 1.807) is 6.20 Å². The number of aryl methyl sites for hydroxylation is 1. The summed E-state index contributed by atoms with van der Waals surface area (Å²) in [5.41, 5.74) is 0. The van der Waals surface area contributed by atoms with Gasteiger partial charge in [-0.2, -0.15) is 11.8 Å². The molecule has 0 aromatic carbocycles. The zero-order valence-corrected chi connectivity index (χ0v) is 12.7. The third-order valence-electron chi connectivity index (χ3n) is 3.74. The number of imidazole rings is 1. The average Bonchev–Trinajstić information content (AvgIpc) is 2.85. The van der Waals surface area contributed by atoms with Gasteiger partial charge >= 0.3 is 0 Å². The first kappa shape index (κ1) is 14.6. The van der Waals surface area contributed by atoms with E-state index in [0.29, 0.717) is 5.82 Å². The van der Waals surface area contributed by atoms with Crippen LogP contribution in [0.2, 0.25) is 0 Å². The minimum absolute atomic E-state index is 0.129. The fourth-order valence-corrected chi connectivity index (χ4v) is 3.11. The van der Waals surface area contributed by atoms with Crippen molar-refractivity contribution >= 4 is 17.5 Å². The standard InChI is InChI=1S/C14H23N3OS/c1-16-9-6-15-14(16)13(18)12-5-3-7-17(11-12)8-4-10-19-2/h6,9,12H,3-5,7-8,10-11H2,1-2H3/t12-/m0/s1. The highest BCUT2D eigenvalue weighted by atomic mass is 32.2. The lowest BCUT2D eigenvalue weighted by molar-refractivity contribution is 0.0806. The van der Waals surface area contributed by atoms with Crippen LogP contribution in [0.5, 0.6) is 0 Å². The van der Waals surface area contributed by atoms with Gasteiger partial charge in [0.05, 0.1) is 0 Å². The number of likely N-dealkylation sites (tertiary alicyclic amines) is 1. The number of thioether (sulfide) groups is 1. The summed E-state index contributed by atoms with van der Waals surface area (Å²) in [7, 11) is 1.89. The summed E-state index contributed by atoms with van der Waals surface area (Å²) < 4.78 is 1.83. The normalized spacial score (nSPS) is 20.6. The maximum atomic E-state index is 12.4. The Morgan fingerprint density at radius 2 is 2.42 bits per heavy atom. The van der Waals surface area contributed by atoms with E-state index in [2.05, 4.69) is 16.1 Å². The third kappa shape index (κ3) is 3.83. The van der Waals surface area contributed by atoms with Crippen LogP contribution in [0.15, 0.2) is 12.4 Å². The highest BCUT2D eigenvalue weighted by Crippen LogP contribution is 2.20. The first-order valence-electron chi connectivity index (χ1n) is 6.95. The molecular formula is C14H23N3OS. The van der Waals surface area contributed by atoms with Crippen molar-refractivity contribution in [2.24, 2.45) is 13.0 Å². The molecule has 1 aliphatic heterocycles.